The summed E-state index contributed by atoms with van der Waals surface area (Å²) < 4.78 is 14.8. The summed E-state index contributed by atoms with van der Waals surface area (Å²) in [6, 6.07) is -0.129. The predicted molar refractivity (Wildman–Crippen MR) is 628 cm³/mol. The largest absolute Gasteiger partial charge is 0.481 e. The quantitative estimate of drug-likeness (QED) is 0.00922. The van der Waals surface area contributed by atoms with Crippen molar-refractivity contribution in [2.24, 2.45) is 135 Å². The Bertz CT molecular complexity index is 3200. The van der Waals surface area contributed by atoms with E-state index >= 15 is 0 Å². The van der Waals surface area contributed by atoms with Crippen LogP contribution < -0.4 is 22.1 Å². The molecular weight excluding hydrogens is 1860 g/mol. The maximum Gasteiger partial charge on any atom is 0.417 e. The van der Waals surface area contributed by atoms with Gasteiger partial charge in [-0.1, -0.05) is 359 Å². The van der Waals surface area contributed by atoms with Gasteiger partial charge in [-0.15, -0.1) is 0 Å². The number of nitrogens with two attached hydrogens (primary N) is 2. The number of cyclic esters (lactones) is 3. The summed E-state index contributed by atoms with van der Waals surface area (Å²) in [5.74, 6) is 10.0. The molecule has 0 aromatic heterocycles. The standard InChI is InChI=1S/C14H25NO3.C12H21NO3.C11H22.C10H20.C10H22.C9H19N3.C9H19NO2.C9H17NO.C9H21N.C9H18O2.C9H20O.C7H14O2.C5H9NO2/c1-6-9(3)8-12(7-2)13(16)15-10(4)11(5)18-14(15)17;1-5-8(2)6-7-11(14)13-9(3)10(4)16-12(13)15;1-5-7-11(4)9-6-8-10(2)3;1-5-10(4)8-6-7-9(2)3;1-5-9(4)8-10(6-2)7-3;1-4-8(3)6-9(5-2)7-11-12-10;1-3-7(2)4-8(6-10)5-9(11)12;1-3-7(2)4-8-5-9(11)10-6-8;1-4-8(3)6-9(5-2)7-10;1-4-7(3)6-8(5-2)9(10)11;1-4-8(3)6-9(5-2)7-10;1-3-6(2)4-5-7(8)9;1-3-4(2)8-5(7)6-3/h9-12H,6-8H2,1-5H3;8-10H,5-7H2,1-4H3;8,11H,5-7,9H2,1-4H3;7,10H,5-6,8H2,1-4H3;9-10H,5-8H2,1-4H3;8-9H,4-7H2,1-3H3;7-8H,3-6,10H2,1-2H3,(H,11,12);7-8H,3-6H2,1-2H3,(H,10,11);8-9H,4-7,10H2,1-3H3;7-8H,4-6H2,1-3H3,(H,10,11);8-10H,4-7H2,1-3H3;6H,3-5H2,1-2H3,(H,8,9);3-4H,1-2H3,(H,6,7)/t9-,10-,11+,12-;8-,9-,10+;11-;10-;9-;8-,9-;2*7-,8+;8-,9-;7-,8-;8-,9-;6-;3-,4+/m1111111111111/s1. The zero-order chi connectivity index (χ0) is 116. The number of carboxylic acid groups (broad SMARTS) is 3. The van der Waals surface area contributed by atoms with Gasteiger partial charge in [0, 0.05) is 56.2 Å². The lowest BCUT2D eigenvalue weighted by Gasteiger charge is -2.24. The molecule has 880 valence electrons. The minimum absolute atomic E-state index is 0.0301. The summed E-state index contributed by atoms with van der Waals surface area (Å²) in [7, 11) is 0. The molecule has 4 aliphatic heterocycles. The van der Waals surface area contributed by atoms with Crippen LogP contribution in [0, 0.1) is 118 Å². The molecule has 0 aromatic carbocycles. The number of allylic oxidation sites excluding steroid dienone is 4. The highest BCUT2D eigenvalue weighted by Gasteiger charge is 2.43. The van der Waals surface area contributed by atoms with Crippen molar-refractivity contribution < 1.29 is 77.8 Å². The number of rotatable bonds is 57. The van der Waals surface area contributed by atoms with Gasteiger partial charge >= 0.3 is 36.2 Å². The summed E-state index contributed by atoms with van der Waals surface area (Å²) in [5.41, 5.74) is 22.1. The first kappa shape index (κ1) is 159. The fourth-order valence-electron chi connectivity index (χ4n) is 16.1. The van der Waals surface area contributed by atoms with Crippen LogP contribution in [-0.2, 0) is 43.0 Å². The molecule has 4 rings (SSSR count). The van der Waals surface area contributed by atoms with Gasteiger partial charge in [-0.05, 0) is 297 Å². The van der Waals surface area contributed by atoms with E-state index in [1.54, 1.807) is 0 Å². The van der Waals surface area contributed by atoms with Crippen LogP contribution in [0.25, 0.3) is 10.4 Å². The topological polar surface area (TPSA) is 394 Å². The van der Waals surface area contributed by atoms with E-state index in [9.17, 15) is 43.2 Å². The van der Waals surface area contributed by atoms with Gasteiger partial charge in [0.1, 0.15) is 18.3 Å². The third-order valence-electron chi connectivity index (χ3n) is 30.8. The number of hydrogen-bond acceptors (Lipinski definition) is 16. The summed E-state index contributed by atoms with van der Waals surface area (Å²) in [4.78, 5) is 105. The van der Waals surface area contributed by atoms with E-state index in [1.807, 2.05) is 55.4 Å². The van der Waals surface area contributed by atoms with Crippen LogP contribution in [0.3, 0.4) is 0 Å². The monoisotopic (exact) mass is 2110 g/mol. The predicted octanol–water partition coefficient (Wildman–Crippen LogP) is 34.2. The molecule has 25 atom stereocenters. The number of aliphatic carboxylic acids is 3. The Labute approximate surface area is 912 Å². The van der Waals surface area contributed by atoms with E-state index in [1.165, 1.54) is 149 Å². The first-order valence-electron chi connectivity index (χ1n) is 59.7. The summed E-state index contributed by atoms with van der Waals surface area (Å²) in [6.45, 7) is 90.9. The van der Waals surface area contributed by atoms with Crippen LogP contribution >= 0.6 is 0 Å². The van der Waals surface area contributed by atoms with E-state index < -0.39 is 30.1 Å². The molecule has 0 bridgehead atoms. The molecule has 6 amide bonds. The van der Waals surface area contributed by atoms with Crippen LogP contribution in [-0.4, -0.2) is 153 Å². The number of carboxylic acids is 3. The minimum Gasteiger partial charge on any atom is -0.481 e. The number of amides is 6. The van der Waals surface area contributed by atoms with Crippen LogP contribution in [0.5, 0.6) is 0 Å². The molecular formula is C123H247N9O16. The summed E-state index contributed by atoms with van der Waals surface area (Å²) in [5, 5.41) is 43.5. The molecule has 4 heterocycles. The molecule has 0 aromatic rings. The fourth-order valence-corrected chi connectivity index (χ4v) is 16.1. The van der Waals surface area contributed by atoms with Crippen molar-refractivity contribution in [2.45, 2.75) is 564 Å². The van der Waals surface area contributed by atoms with Gasteiger partial charge in [0.15, 0.2) is 0 Å². The van der Waals surface area contributed by atoms with Gasteiger partial charge in [-0.2, -0.15) is 0 Å². The Balaban J connectivity index is -0.000000203. The number of nitrogens with zero attached hydrogens (tertiary/aromatic N) is 5. The lowest BCUT2D eigenvalue weighted by Crippen LogP contribution is -2.42. The van der Waals surface area contributed by atoms with Crippen molar-refractivity contribution in [1.29, 1.82) is 0 Å². The number of carbonyl (C=O) groups excluding carboxylic acids is 6. The van der Waals surface area contributed by atoms with Gasteiger partial charge < -0.3 is 56.7 Å². The molecule has 0 aliphatic carbocycles. The van der Waals surface area contributed by atoms with E-state index in [4.69, 9.17) is 51.6 Å². The maximum absolute atomic E-state index is 12.4. The third kappa shape index (κ3) is 93.3. The number of imide groups is 2. The SMILES string of the molecule is CCC(CC)C[C@H](C)CC.CCC[C@@H](C)CCC=C(C)C.CC[C@@H](C)CCC(=O)N1C(=O)O[C@@H](C)[C@H]1C.CC[C@@H](C)CCC(=O)O.CC[C@@H](C)CCC=C(C)C.CC[C@@H](C)C[C@@H](CC)C(=O)N1C(=O)O[C@@H](C)[C@H]1C.CC[C@@H](C)C[C@@H](CC)C(=O)O.CC[C@@H](C)C[C@@H](CC)CN.CC[C@@H](C)C[C@@H](CC)CN=[N+]=[N-].CC[C@@H](C)C[C@@H](CC)CO.CC[C@@H](C)C[C@@H]1CNC(=O)C1.CC[C@@H](C)C[C@H](CN)CC(=O)O.C[C@@H]1OC(=O)N[C@@H]1C. The first-order chi connectivity index (χ1) is 69.5. The second-order valence-corrected chi connectivity index (χ2v) is 45.2. The zero-order valence-corrected chi connectivity index (χ0v) is 104. The number of hydrogen-bond donors (Lipinski definition) is 8. The molecule has 4 aliphatic rings. The van der Waals surface area contributed by atoms with E-state index in [2.05, 4.69) is 261 Å². The molecule has 25 heteroatoms. The first-order valence-corrected chi connectivity index (χ1v) is 59.7. The van der Waals surface area contributed by atoms with Crippen molar-refractivity contribution in [1.82, 2.24) is 20.4 Å². The molecule has 25 nitrogen and oxygen atoms in total. The van der Waals surface area contributed by atoms with E-state index in [-0.39, 0.29) is 84.4 Å². The Kier molecular flexibility index (Phi) is 112. The highest BCUT2D eigenvalue weighted by atomic mass is 16.6. The fraction of sp³-hybridized carbons (Fsp3) is 0.894. The number of azide groups is 1. The van der Waals surface area contributed by atoms with Crippen molar-refractivity contribution in [3.05, 3.63) is 33.7 Å². The van der Waals surface area contributed by atoms with Gasteiger partial charge in [0.25, 0.3) is 0 Å². The minimum atomic E-state index is -0.742. The average molecular weight is 2110 g/mol. The van der Waals surface area contributed by atoms with Gasteiger partial charge in [0.2, 0.25) is 17.7 Å². The molecule has 4 fully saturated rings. The average Bonchev–Trinajstić information content (AvgIpc) is 1.69. The van der Waals surface area contributed by atoms with Crippen LogP contribution in [0.4, 0.5) is 14.4 Å². The zero-order valence-electron chi connectivity index (χ0n) is 104. The van der Waals surface area contributed by atoms with Gasteiger partial charge in [-0.25, -0.2) is 24.2 Å². The second-order valence-electron chi connectivity index (χ2n) is 45.2. The Morgan fingerprint density at radius 1 is 0.419 bits per heavy atom. The highest BCUT2D eigenvalue weighted by molar-refractivity contribution is 5.95. The molecule has 0 saturated carbocycles. The molecule has 4 saturated heterocycles. The van der Waals surface area contributed by atoms with Crippen molar-refractivity contribution in [3.63, 3.8) is 0 Å². The number of aliphatic hydroxyl groups excluding tert-OH is 1. The Hall–Kier alpha value is -6.30. The molecule has 10 N–H and O–H groups in total. The lowest BCUT2D eigenvalue weighted by molar-refractivity contribution is -0.142. The van der Waals surface area contributed by atoms with Gasteiger partial charge in [-0.3, -0.25) is 28.8 Å². The lowest BCUT2D eigenvalue weighted by atomic mass is 9.90. The van der Waals surface area contributed by atoms with Crippen LogP contribution in [0.15, 0.2) is 28.4 Å². The molecule has 0 unspecified atom stereocenters. The van der Waals surface area contributed by atoms with Crippen LogP contribution in [0.1, 0.15) is 528 Å². The second kappa shape index (κ2) is 104. The van der Waals surface area contributed by atoms with Crippen molar-refractivity contribution >= 4 is 53.9 Å². The maximum atomic E-state index is 12.4. The Morgan fingerprint density at radius 3 is 1.07 bits per heavy atom. The summed E-state index contributed by atoms with van der Waals surface area (Å²) in [6.07, 6.45) is 43.9. The number of carbonyl (C=O) groups is 9. The normalized spacial score (nSPS) is 19.6. The molecule has 0 spiro atoms. The number of nitrogens with one attached hydrogen (secondary N) is 2. The number of aliphatic hydroxyl groups is 1. The van der Waals surface area contributed by atoms with Crippen molar-refractivity contribution in [2.75, 3.05) is 32.8 Å². The Morgan fingerprint density at radius 2 is 0.777 bits per heavy atom. The molecule has 148 heavy (non-hydrogen) atoms. The molecule has 0 radical (unpaired) electrons. The summed E-state index contributed by atoms with van der Waals surface area (Å²) >= 11 is 0. The number of alkyl carbamates (subject to hydrolysis) is 1. The van der Waals surface area contributed by atoms with Gasteiger partial charge in [0.05, 0.1) is 24.0 Å². The third-order valence-corrected chi connectivity index (χ3v) is 30.8. The smallest absolute Gasteiger partial charge is 0.417 e. The van der Waals surface area contributed by atoms with Crippen LogP contribution in [0.2, 0.25) is 0 Å². The van der Waals surface area contributed by atoms with Crippen molar-refractivity contribution in [3.8, 4) is 0 Å². The number of ether oxygens (including phenoxy) is 3. The van der Waals surface area contributed by atoms with E-state index in [0.717, 1.165) is 163 Å². The highest BCUT2D eigenvalue weighted by Crippen LogP contribution is 2.30. The van der Waals surface area contributed by atoms with E-state index in [0.29, 0.717) is 79.9 Å².